The van der Waals surface area contributed by atoms with Crippen LogP contribution in [0.25, 0.3) is 0 Å². The van der Waals surface area contributed by atoms with Crippen LogP contribution in [0.4, 0.5) is 5.69 Å². The molecular formula is C17H23ClN2O3. The number of hydrogen-bond donors (Lipinski definition) is 3. The van der Waals surface area contributed by atoms with Gasteiger partial charge in [0.15, 0.2) is 0 Å². The van der Waals surface area contributed by atoms with Crippen molar-refractivity contribution >= 4 is 29.1 Å². The molecule has 1 saturated carbocycles. The van der Waals surface area contributed by atoms with Crippen LogP contribution < -0.4 is 10.6 Å². The molecule has 5 nitrogen and oxygen atoms in total. The van der Waals surface area contributed by atoms with Crippen molar-refractivity contribution in [3.05, 3.63) is 28.8 Å². The zero-order chi connectivity index (χ0) is 16.9. The average molecular weight is 339 g/mol. The summed E-state index contributed by atoms with van der Waals surface area (Å²) in [5.41, 5.74) is 0.307. The second kappa shape index (κ2) is 7.79. The maximum Gasteiger partial charge on any atom is 0.313 e. The van der Waals surface area contributed by atoms with Crippen LogP contribution in [-0.4, -0.2) is 29.1 Å². The Morgan fingerprint density at radius 3 is 2.48 bits per heavy atom. The average Bonchev–Trinajstić information content (AvgIpc) is 2.74. The summed E-state index contributed by atoms with van der Waals surface area (Å²) in [5.74, 6) is -1.50. The van der Waals surface area contributed by atoms with Gasteiger partial charge in [-0.15, -0.1) is 0 Å². The largest absolute Gasteiger partial charge is 0.388 e. The molecule has 126 valence electrons. The molecule has 23 heavy (non-hydrogen) atoms. The van der Waals surface area contributed by atoms with Crippen molar-refractivity contribution in [3.63, 3.8) is 0 Å². The van der Waals surface area contributed by atoms with Gasteiger partial charge in [-0.05, 0) is 37.5 Å². The van der Waals surface area contributed by atoms with Crippen molar-refractivity contribution < 1.29 is 14.7 Å². The summed E-state index contributed by atoms with van der Waals surface area (Å²) in [6.07, 6.45) is 5.40. The normalized spacial score (nSPS) is 17.2. The van der Waals surface area contributed by atoms with E-state index in [2.05, 4.69) is 10.6 Å². The van der Waals surface area contributed by atoms with Crippen molar-refractivity contribution in [3.8, 4) is 0 Å². The van der Waals surface area contributed by atoms with Crippen LogP contribution in [0.2, 0.25) is 5.02 Å². The van der Waals surface area contributed by atoms with Crippen LogP contribution in [0.5, 0.6) is 0 Å². The summed E-state index contributed by atoms with van der Waals surface area (Å²) >= 11 is 5.99. The summed E-state index contributed by atoms with van der Waals surface area (Å²) < 4.78 is 0. The smallest absolute Gasteiger partial charge is 0.313 e. The summed E-state index contributed by atoms with van der Waals surface area (Å²) in [6.45, 7) is 1.87. The zero-order valence-electron chi connectivity index (χ0n) is 13.3. The molecule has 0 radical (unpaired) electrons. The Balaban J connectivity index is 1.90. The van der Waals surface area contributed by atoms with Crippen LogP contribution in [0.15, 0.2) is 18.2 Å². The second-order valence-corrected chi connectivity index (χ2v) is 6.59. The Labute approximate surface area is 141 Å². The van der Waals surface area contributed by atoms with E-state index in [9.17, 15) is 14.7 Å². The van der Waals surface area contributed by atoms with Crippen molar-refractivity contribution in [1.82, 2.24) is 5.32 Å². The van der Waals surface area contributed by atoms with E-state index >= 15 is 0 Å². The van der Waals surface area contributed by atoms with Gasteiger partial charge in [-0.2, -0.15) is 0 Å². The lowest BCUT2D eigenvalue weighted by atomic mass is 9.94. The van der Waals surface area contributed by atoms with Gasteiger partial charge in [0.1, 0.15) is 0 Å². The maximum atomic E-state index is 12.0. The van der Waals surface area contributed by atoms with E-state index in [-0.39, 0.29) is 6.54 Å². The van der Waals surface area contributed by atoms with Crippen LogP contribution in [0, 0.1) is 6.92 Å². The molecule has 0 unspecified atom stereocenters. The van der Waals surface area contributed by atoms with E-state index in [0.29, 0.717) is 29.1 Å². The van der Waals surface area contributed by atoms with Crippen LogP contribution in [-0.2, 0) is 9.59 Å². The highest BCUT2D eigenvalue weighted by Gasteiger charge is 2.29. The lowest BCUT2D eigenvalue weighted by Crippen LogP contribution is -2.46. The molecule has 0 heterocycles. The standard InChI is InChI=1S/C17H23ClN2O3/c1-12-13(18)7-6-8-14(12)20-16(22)15(21)19-11-17(23)9-4-2-3-5-10-17/h6-8,23H,2-5,9-11H2,1H3,(H,19,21)(H,20,22). The van der Waals surface area contributed by atoms with Gasteiger partial charge in [0.05, 0.1) is 5.60 Å². The summed E-state index contributed by atoms with van der Waals surface area (Å²) in [5, 5.41) is 16.1. The minimum atomic E-state index is -0.904. The van der Waals surface area contributed by atoms with Gasteiger partial charge in [0.25, 0.3) is 0 Å². The van der Waals surface area contributed by atoms with Gasteiger partial charge < -0.3 is 15.7 Å². The van der Waals surface area contributed by atoms with E-state index in [1.807, 2.05) is 0 Å². The summed E-state index contributed by atoms with van der Waals surface area (Å²) in [6, 6.07) is 5.11. The van der Waals surface area contributed by atoms with Gasteiger partial charge in [0, 0.05) is 17.3 Å². The molecule has 0 atom stereocenters. The van der Waals surface area contributed by atoms with Gasteiger partial charge in [-0.3, -0.25) is 9.59 Å². The Morgan fingerprint density at radius 1 is 1.17 bits per heavy atom. The van der Waals surface area contributed by atoms with Crippen LogP contribution in [0.1, 0.15) is 44.1 Å². The molecule has 0 saturated heterocycles. The number of nitrogens with one attached hydrogen (secondary N) is 2. The number of aliphatic hydroxyl groups is 1. The Kier molecular flexibility index (Phi) is 6.02. The van der Waals surface area contributed by atoms with Gasteiger partial charge in [-0.25, -0.2) is 0 Å². The van der Waals surface area contributed by atoms with Gasteiger partial charge in [-0.1, -0.05) is 43.4 Å². The molecule has 0 bridgehead atoms. The molecule has 1 aliphatic carbocycles. The minimum Gasteiger partial charge on any atom is -0.388 e. The molecule has 1 aromatic carbocycles. The Bertz CT molecular complexity index is 581. The topological polar surface area (TPSA) is 78.4 Å². The highest BCUT2D eigenvalue weighted by molar-refractivity contribution is 6.40. The maximum absolute atomic E-state index is 12.0. The second-order valence-electron chi connectivity index (χ2n) is 6.19. The fraction of sp³-hybridized carbons (Fsp3) is 0.529. The molecule has 0 aromatic heterocycles. The molecule has 1 aliphatic rings. The Morgan fingerprint density at radius 2 is 1.83 bits per heavy atom. The van der Waals surface area contributed by atoms with Crippen molar-refractivity contribution in [2.45, 2.75) is 51.0 Å². The molecular weight excluding hydrogens is 316 g/mol. The molecule has 1 fully saturated rings. The number of amides is 2. The zero-order valence-corrected chi connectivity index (χ0v) is 14.1. The fourth-order valence-electron chi connectivity index (χ4n) is 2.81. The highest BCUT2D eigenvalue weighted by atomic mass is 35.5. The predicted molar refractivity (Wildman–Crippen MR) is 90.5 cm³/mol. The quantitative estimate of drug-likeness (QED) is 0.585. The van der Waals surface area contributed by atoms with Crippen molar-refractivity contribution in [1.29, 1.82) is 0 Å². The van der Waals surface area contributed by atoms with E-state index in [1.165, 1.54) is 0 Å². The first-order chi connectivity index (χ1) is 10.9. The first-order valence-corrected chi connectivity index (χ1v) is 8.36. The number of rotatable bonds is 3. The fourth-order valence-corrected chi connectivity index (χ4v) is 2.99. The molecule has 0 spiro atoms. The van der Waals surface area contributed by atoms with Crippen LogP contribution >= 0.6 is 11.6 Å². The van der Waals surface area contributed by atoms with Gasteiger partial charge in [0.2, 0.25) is 0 Å². The first-order valence-electron chi connectivity index (χ1n) is 7.98. The Hall–Kier alpha value is -1.59. The molecule has 2 rings (SSSR count). The van der Waals surface area contributed by atoms with E-state index in [1.54, 1.807) is 25.1 Å². The number of carbonyl (C=O) groups excluding carboxylic acids is 2. The number of hydrogen-bond acceptors (Lipinski definition) is 3. The molecule has 2 amide bonds. The lowest BCUT2D eigenvalue weighted by molar-refractivity contribution is -0.136. The minimum absolute atomic E-state index is 0.105. The molecule has 3 N–H and O–H groups in total. The monoisotopic (exact) mass is 338 g/mol. The summed E-state index contributed by atoms with van der Waals surface area (Å²) in [7, 11) is 0. The van der Waals surface area contributed by atoms with Crippen LogP contribution in [0.3, 0.4) is 0 Å². The molecule has 6 heteroatoms. The summed E-state index contributed by atoms with van der Waals surface area (Å²) in [4.78, 5) is 23.9. The molecule has 1 aromatic rings. The van der Waals surface area contributed by atoms with E-state index in [4.69, 9.17) is 11.6 Å². The highest BCUT2D eigenvalue weighted by Crippen LogP contribution is 2.26. The third-order valence-corrected chi connectivity index (χ3v) is 4.74. The predicted octanol–water partition coefficient (Wildman–Crippen LogP) is 2.79. The SMILES string of the molecule is Cc1c(Cl)cccc1NC(=O)C(=O)NCC1(O)CCCCCC1. The third kappa shape index (κ3) is 4.94. The van der Waals surface area contributed by atoms with Crippen molar-refractivity contribution in [2.24, 2.45) is 0 Å². The van der Waals surface area contributed by atoms with E-state index in [0.717, 1.165) is 25.7 Å². The number of halogens is 1. The van der Waals surface area contributed by atoms with Gasteiger partial charge >= 0.3 is 11.8 Å². The number of benzene rings is 1. The third-order valence-electron chi connectivity index (χ3n) is 4.33. The first kappa shape index (κ1) is 17.8. The number of anilines is 1. The lowest BCUT2D eigenvalue weighted by Gasteiger charge is -2.26. The van der Waals surface area contributed by atoms with Crippen molar-refractivity contribution in [2.75, 3.05) is 11.9 Å². The van der Waals surface area contributed by atoms with E-state index < -0.39 is 17.4 Å². The number of carbonyl (C=O) groups is 2. The molecule has 0 aliphatic heterocycles.